The Morgan fingerprint density at radius 2 is 1.80 bits per heavy atom. The summed E-state index contributed by atoms with van der Waals surface area (Å²) < 4.78 is 42.5. The number of likely N-dealkylation sites (tertiary alicyclic amines) is 2. The van der Waals surface area contributed by atoms with E-state index in [0.29, 0.717) is 50.7 Å². The molecule has 9 heteroatoms. The van der Waals surface area contributed by atoms with Crippen molar-refractivity contribution in [3.63, 3.8) is 0 Å². The minimum Gasteiger partial charge on any atom is -0.342 e. The molecule has 0 atom stereocenters. The first kappa shape index (κ1) is 18.2. The SMILES string of the molecule is Cc1noc(C2CCN(C(=O)C3CCN(CC(F)(F)F)CC3)CC2)n1. The Balaban J connectivity index is 1.45. The van der Waals surface area contributed by atoms with Crippen molar-refractivity contribution in [3.05, 3.63) is 11.7 Å². The van der Waals surface area contributed by atoms with Crippen molar-refractivity contribution < 1.29 is 22.5 Å². The lowest BCUT2D eigenvalue weighted by atomic mass is 9.92. The number of hydrogen-bond acceptors (Lipinski definition) is 5. The van der Waals surface area contributed by atoms with E-state index in [0.717, 1.165) is 12.8 Å². The third kappa shape index (κ3) is 4.71. The molecule has 0 saturated carbocycles. The second-order valence-corrected chi connectivity index (χ2v) is 6.94. The molecule has 0 bridgehead atoms. The highest BCUT2D eigenvalue weighted by Gasteiger charge is 2.36. The van der Waals surface area contributed by atoms with Crippen LogP contribution in [0, 0.1) is 12.8 Å². The molecule has 3 heterocycles. The van der Waals surface area contributed by atoms with E-state index in [-0.39, 0.29) is 17.7 Å². The van der Waals surface area contributed by atoms with Crippen LogP contribution in [0.3, 0.4) is 0 Å². The number of carbonyl (C=O) groups is 1. The molecule has 0 unspecified atom stereocenters. The molecule has 2 saturated heterocycles. The average Bonchev–Trinajstić information content (AvgIpc) is 3.00. The third-order valence-electron chi connectivity index (χ3n) is 5.04. The first-order valence-electron chi connectivity index (χ1n) is 8.70. The summed E-state index contributed by atoms with van der Waals surface area (Å²) in [6.45, 7) is 2.81. The summed E-state index contributed by atoms with van der Waals surface area (Å²) in [6, 6.07) is 0. The monoisotopic (exact) mass is 360 g/mol. The Kier molecular flexibility index (Phi) is 5.31. The number of carbonyl (C=O) groups excluding carboxylic acids is 1. The fourth-order valence-electron chi connectivity index (χ4n) is 3.68. The lowest BCUT2D eigenvalue weighted by molar-refractivity contribution is -0.151. The molecular weight excluding hydrogens is 337 g/mol. The van der Waals surface area contributed by atoms with Gasteiger partial charge in [-0.25, -0.2) is 0 Å². The highest BCUT2D eigenvalue weighted by atomic mass is 19.4. The summed E-state index contributed by atoms with van der Waals surface area (Å²) >= 11 is 0. The van der Waals surface area contributed by atoms with Gasteiger partial charge in [0.25, 0.3) is 0 Å². The predicted molar refractivity (Wildman–Crippen MR) is 82.8 cm³/mol. The normalized spacial score (nSPS) is 21.7. The molecule has 3 rings (SSSR count). The van der Waals surface area contributed by atoms with Crippen LogP contribution in [-0.4, -0.2) is 64.7 Å². The Morgan fingerprint density at radius 1 is 1.16 bits per heavy atom. The van der Waals surface area contributed by atoms with Gasteiger partial charge in [0.1, 0.15) is 0 Å². The Bertz CT molecular complexity index is 588. The number of rotatable bonds is 3. The van der Waals surface area contributed by atoms with E-state index >= 15 is 0 Å². The van der Waals surface area contributed by atoms with Gasteiger partial charge in [-0.3, -0.25) is 9.69 Å². The molecule has 1 aromatic rings. The van der Waals surface area contributed by atoms with Gasteiger partial charge in [0.05, 0.1) is 6.54 Å². The van der Waals surface area contributed by atoms with Crippen LogP contribution in [0.5, 0.6) is 0 Å². The van der Waals surface area contributed by atoms with Crippen molar-refractivity contribution in [1.29, 1.82) is 0 Å². The first-order valence-corrected chi connectivity index (χ1v) is 8.70. The number of nitrogens with zero attached hydrogens (tertiary/aromatic N) is 4. The largest absolute Gasteiger partial charge is 0.401 e. The lowest BCUT2D eigenvalue weighted by Gasteiger charge is -2.36. The van der Waals surface area contributed by atoms with Crippen LogP contribution >= 0.6 is 0 Å². The molecule has 0 radical (unpaired) electrons. The van der Waals surface area contributed by atoms with Gasteiger partial charge >= 0.3 is 6.18 Å². The summed E-state index contributed by atoms with van der Waals surface area (Å²) in [5, 5.41) is 3.80. The highest BCUT2D eigenvalue weighted by Crippen LogP contribution is 2.29. The fraction of sp³-hybridized carbons (Fsp3) is 0.812. The van der Waals surface area contributed by atoms with Crippen molar-refractivity contribution in [2.75, 3.05) is 32.7 Å². The summed E-state index contributed by atoms with van der Waals surface area (Å²) in [4.78, 5) is 20.1. The van der Waals surface area contributed by atoms with Crippen LogP contribution in [0.15, 0.2) is 4.52 Å². The molecule has 0 spiro atoms. The zero-order chi connectivity index (χ0) is 18.0. The minimum absolute atomic E-state index is 0.0758. The molecule has 140 valence electrons. The Labute approximate surface area is 144 Å². The molecule has 0 aromatic carbocycles. The topological polar surface area (TPSA) is 62.5 Å². The van der Waals surface area contributed by atoms with Crippen molar-refractivity contribution in [3.8, 4) is 0 Å². The van der Waals surface area contributed by atoms with E-state index < -0.39 is 12.7 Å². The average molecular weight is 360 g/mol. The standard InChI is InChI=1S/C16H23F3N4O2/c1-11-20-14(25-21-11)12-4-8-23(9-5-12)15(24)13-2-6-22(7-3-13)10-16(17,18)19/h12-13H,2-10H2,1H3. The summed E-state index contributed by atoms with van der Waals surface area (Å²) in [7, 11) is 0. The fourth-order valence-corrected chi connectivity index (χ4v) is 3.68. The van der Waals surface area contributed by atoms with Crippen LogP contribution in [0.1, 0.15) is 43.3 Å². The number of aromatic nitrogens is 2. The van der Waals surface area contributed by atoms with Crippen molar-refractivity contribution in [2.24, 2.45) is 5.92 Å². The molecule has 2 fully saturated rings. The maximum absolute atomic E-state index is 12.6. The van der Waals surface area contributed by atoms with Gasteiger partial charge in [0.15, 0.2) is 5.82 Å². The molecule has 0 N–H and O–H groups in total. The van der Waals surface area contributed by atoms with Crippen LogP contribution in [-0.2, 0) is 4.79 Å². The van der Waals surface area contributed by atoms with Gasteiger partial charge in [-0.05, 0) is 45.7 Å². The summed E-state index contributed by atoms with van der Waals surface area (Å²) in [5.74, 6) is 1.33. The van der Waals surface area contributed by atoms with Crippen LogP contribution in [0.4, 0.5) is 13.2 Å². The maximum Gasteiger partial charge on any atom is 0.401 e. The number of hydrogen-bond donors (Lipinski definition) is 0. The van der Waals surface area contributed by atoms with E-state index in [1.54, 1.807) is 6.92 Å². The van der Waals surface area contributed by atoms with Crippen molar-refractivity contribution in [1.82, 2.24) is 19.9 Å². The van der Waals surface area contributed by atoms with Gasteiger partial charge in [0, 0.05) is 24.9 Å². The number of alkyl halides is 3. The highest BCUT2D eigenvalue weighted by molar-refractivity contribution is 5.79. The van der Waals surface area contributed by atoms with Gasteiger partial charge < -0.3 is 9.42 Å². The Hall–Kier alpha value is -1.64. The van der Waals surface area contributed by atoms with E-state index in [9.17, 15) is 18.0 Å². The molecule has 1 aromatic heterocycles. The zero-order valence-corrected chi connectivity index (χ0v) is 14.3. The zero-order valence-electron chi connectivity index (χ0n) is 14.3. The van der Waals surface area contributed by atoms with Crippen LogP contribution in [0.2, 0.25) is 0 Å². The smallest absolute Gasteiger partial charge is 0.342 e. The summed E-state index contributed by atoms with van der Waals surface area (Å²) in [6.07, 6.45) is -1.62. The van der Waals surface area contributed by atoms with Crippen LogP contribution in [0.25, 0.3) is 0 Å². The summed E-state index contributed by atoms with van der Waals surface area (Å²) in [5.41, 5.74) is 0. The number of amides is 1. The van der Waals surface area contributed by atoms with Gasteiger partial charge in [-0.1, -0.05) is 5.16 Å². The number of halogens is 3. The van der Waals surface area contributed by atoms with Gasteiger partial charge in [0.2, 0.25) is 11.8 Å². The Morgan fingerprint density at radius 3 is 2.32 bits per heavy atom. The molecule has 6 nitrogen and oxygen atoms in total. The molecule has 2 aliphatic heterocycles. The second kappa shape index (κ2) is 7.31. The van der Waals surface area contributed by atoms with Crippen LogP contribution < -0.4 is 0 Å². The van der Waals surface area contributed by atoms with Gasteiger partial charge in [-0.15, -0.1) is 0 Å². The molecular formula is C16H23F3N4O2. The second-order valence-electron chi connectivity index (χ2n) is 6.94. The third-order valence-corrected chi connectivity index (χ3v) is 5.04. The predicted octanol–water partition coefficient (Wildman–Crippen LogP) is 2.36. The van der Waals surface area contributed by atoms with E-state index in [1.165, 1.54) is 4.90 Å². The molecule has 1 amide bonds. The lowest BCUT2D eigenvalue weighted by Crippen LogP contribution is -2.46. The molecule has 25 heavy (non-hydrogen) atoms. The van der Waals surface area contributed by atoms with E-state index in [1.807, 2.05) is 4.90 Å². The van der Waals surface area contributed by atoms with Crippen molar-refractivity contribution >= 4 is 5.91 Å². The minimum atomic E-state index is -4.17. The van der Waals surface area contributed by atoms with Gasteiger partial charge in [-0.2, -0.15) is 18.2 Å². The van der Waals surface area contributed by atoms with Crippen molar-refractivity contribution in [2.45, 2.75) is 44.7 Å². The number of piperidine rings is 2. The first-order chi connectivity index (χ1) is 11.8. The van der Waals surface area contributed by atoms with E-state index in [2.05, 4.69) is 10.1 Å². The van der Waals surface area contributed by atoms with E-state index in [4.69, 9.17) is 4.52 Å². The molecule has 2 aliphatic rings. The number of aryl methyl sites for hydroxylation is 1. The quantitative estimate of drug-likeness (QED) is 0.828. The maximum atomic E-state index is 12.6. The molecule has 0 aliphatic carbocycles.